The van der Waals surface area contributed by atoms with Crippen molar-refractivity contribution in [1.82, 2.24) is 24.1 Å². The van der Waals surface area contributed by atoms with Crippen molar-refractivity contribution >= 4 is 19.2 Å². The summed E-state index contributed by atoms with van der Waals surface area (Å²) in [6.45, 7) is 1.55. The number of alkyl halides is 2. The van der Waals surface area contributed by atoms with E-state index in [0.717, 1.165) is 10.8 Å². The van der Waals surface area contributed by atoms with E-state index in [-0.39, 0.29) is 17.8 Å². The smallest absolute Gasteiger partial charge is 0.362 e. The van der Waals surface area contributed by atoms with Crippen LogP contribution in [-0.4, -0.2) is 52.9 Å². The third-order valence-electron chi connectivity index (χ3n) is 5.30. The molecule has 1 fully saturated rings. The molecule has 0 bridgehead atoms. The van der Waals surface area contributed by atoms with Gasteiger partial charge in [0.15, 0.2) is 5.65 Å². The van der Waals surface area contributed by atoms with Gasteiger partial charge in [-0.2, -0.15) is 5.10 Å². The lowest BCUT2D eigenvalue weighted by Gasteiger charge is -2.24. The van der Waals surface area contributed by atoms with Crippen molar-refractivity contribution in [3.05, 3.63) is 45.5 Å². The van der Waals surface area contributed by atoms with Crippen LogP contribution in [0.1, 0.15) is 13.8 Å². The predicted octanol–water partition coefficient (Wildman–Crippen LogP) is 0.795. The molecule has 4 rings (SSSR count). The molecule has 32 heavy (non-hydrogen) atoms. The van der Waals surface area contributed by atoms with E-state index >= 15 is 0 Å². The molecular formula is C17H19F2N6O6P. The van der Waals surface area contributed by atoms with Gasteiger partial charge in [-0.3, -0.25) is 18.9 Å². The van der Waals surface area contributed by atoms with Crippen LogP contribution in [0.5, 0.6) is 0 Å². The van der Waals surface area contributed by atoms with Crippen LogP contribution in [0.25, 0.3) is 16.9 Å². The number of nitrogens with one attached hydrogen (secondary N) is 1. The largest absolute Gasteiger partial charge is 0.471 e. The Hall–Kier alpha value is -2.93. The highest BCUT2D eigenvalue weighted by atomic mass is 31.2. The van der Waals surface area contributed by atoms with E-state index in [1.807, 2.05) is 4.98 Å². The first kappa shape index (κ1) is 22.3. The normalized spacial score (nSPS) is 17.9. The maximum Gasteiger partial charge on any atom is 0.471 e. The second-order valence-corrected chi connectivity index (χ2v) is 9.31. The molecule has 0 unspecified atom stereocenters. The number of H-pyrrole nitrogens is 1. The number of rotatable bonds is 5. The molecule has 4 heterocycles. The number of nitrogens with zero attached hydrogens (tertiary/aromatic N) is 5. The first-order valence-electron chi connectivity index (χ1n) is 9.29. The van der Waals surface area contributed by atoms with Gasteiger partial charge in [-0.05, 0) is 6.07 Å². The molecule has 1 aliphatic heterocycles. The number of phosphoric acid groups is 1. The van der Waals surface area contributed by atoms with Crippen LogP contribution >= 0.6 is 7.82 Å². The molecule has 0 spiro atoms. The minimum absolute atomic E-state index is 0.0257. The summed E-state index contributed by atoms with van der Waals surface area (Å²) in [5.41, 5.74) is -2.58. The van der Waals surface area contributed by atoms with Crippen molar-refractivity contribution < 1.29 is 27.7 Å². The Morgan fingerprint density at radius 2 is 2.00 bits per heavy atom. The molecule has 172 valence electrons. The van der Waals surface area contributed by atoms with Gasteiger partial charge in [0.05, 0.1) is 17.8 Å². The van der Waals surface area contributed by atoms with Crippen LogP contribution in [0.4, 0.5) is 14.5 Å². The summed E-state index contributed by atoms with van der Waals surface area (Å²) in [7, 11) is -4.88. The Bertz CT molecular complexity index is 1340. The zero-order valence-corrected chi connectivity index (χ0v) is 17.8. The Labute approximate surface area is 178 Å². The van der Waals surface area contributed by atoms with E-state index in [4.69, 9.17) is 9.79 Å². The van der Waals surface area contributed by atoms with Crippen molar-refractivity contribution in [2.75, 3.05) is 18.0 Å². The van der Waals surface area contributed by atoms with Crippen LogP contribution in [-0.2, 0) is 15.8 Å². The first-order chi connectivity index (χ1) is 14.8. The van der Waals surface area contributed by atoms with Crippen molar-refractivity contribution in [3.63, 3.8) is 0 Å². The minimum atomic E-state index is -4.88. The third-order valence-corrected chi connectivity index (χ3v) is 5.75. The molecule has 1 saturated heterocycles. The van der Waals surface area contributed by atoms with Crippen LogP contribution in [0, 0.1) is 5.41 Å². The lowest BCUT2D eigenvalue weighted by atomic mass is 9.89. The highest BCUT2D eigenvalue weighted by molar-refractivity contribution is 7.46. The number of anilines is 1. The van der Waals surface area contributed by atoms with Gasteiger partial charge in [-0.25, -0.2) is 27.6 Å². The number of hydrogen-bond donors (Lipinski definition) is 3. The van der Waals surface area contributed by atoms with Gasteiger partial charge in [0.2, 0.25) is 0 Å². The van der Waals surface area contributed by atoms with Crippen LogP contribution < -0.4 is 16.1 Å². The highest BCUT2D eigenvalue weighted by Gasteiger charge is 2.54. The maximum atomic E-state index is 14.5. The molecule has 15 heteroatoms. The Kier molecular flexibility index (Phi) is 5.08. The SMILES string of the molecule is CC1(C)CN(c2cc(-c3cn(COP(=O)(O)O)c(=O)[nH]c3=O)nn3ccnc23)CC1(F)F. The summed E-state index contributed by atoms with van der Waals surface area (Å²) >= 11 is 0. The molecule has 0 amide bonds. The standard InChI is InChI=1S/C17H19F2N6O6P/c1-16(2)7-24(8-17(16,18)19)12-5-11(22-25-4-3-20-13(12)25)10-6-23(9-31-32(28,29)30)15(27)21-14(10)26/h3-6H,7-9H2,1-2H3,(H,21,26,27)(H2,28,29,30). The van der Waals surface area contributed by atoms with E-state index in [1.54, 1.807) is 0 Å². The van der Waals surface area contributed by atoms with E-state index in [1.165, 1.54) is 41.7 Å². The summed E-state index contributed by atoms with van der Waals surface area (Å²) in [6, 6.07) is 1.41. The first-order valence-corrected chi connectivity index (χ1v) is 10.8. The van der Waals surface area contributed by atoms with E-state index < -0.39 is 43.7 Å². The van der Waals surface area contributed by atoms with Gasteiger partial charge in [0.1, 0.15) is 12.4 Å². The molecule has 0 aliphatic carbocycles. The van der Waals surface area contributed by atoms with Crippen molar-refractivity contribution in [1.29, 1.82) is 0 Å². The second-order valence-electron chi connectivity index (χ2n) is 8.08. The average Bonchev–Trinajstić information content (AvgIpc) is 3.21. The van der Waals surface area contributed by atoms with Gasteiger partial charge >= 0.3 is 13.5 Å². The minimum Gasteiger partial charge on any atom is -0.362 e. The summed E-state index contributed by atoms with van der Waals surface area (Å²) in [4.78, 5) is 49.8. The molecule has 0 aromatic carbocycles. The summed E-state index contributed by atoms with van der Waals surface area (Å²) in [6.07, 6.45) is 3.92. The summed E-state index contributed by atoms with van der Waals surface area (Å²) < 4.78 is 46.3. The number of halogens is 2. The molecule has 0 radical (unpaired) electrons. The third kappa shape index (κ3) is 3.97. The lowest BCUT2D eigenvalue weighted by molar-refractivity contribution is -0.0642. The fourth-order valence-electron chi connectivity index (χ4n) is 3.46. The number of hydrogen-bond acceptors (Lipinski definition) is 7. The van der Waals surface area contributed by atoms with Crippen molar-refractivity contribution in [3.8, 4) is 11.3 Å². The Morgan fingerprint density at radius 1 is 1.28 bits per heavy atom. The molecule has 12 nitrogen and oxygen atoms in total. The number of fused-ring (bicyclic) bond motifs is 1. The molecule has 0 atom stereocenters. The number of imidazole rings is 1. The highest BCUT2D eigenvalue weighted by Crippen LogP contribution is 2.45. The molecule has 3 N–H and O–H groups in total. The van der Waals surface area contributed by atoms with E-state index in [2.05, 4.69) is 14.6 Å². The topological polar surface area (TPSA) is 155 Å². The van der Waals surface area contributed by atoms with E-state index in [0.29, 0.717) is 11.3 Å². The second kappa shape index (κ2) is 7.30. The van der Waals surface area contributed by atoms with Gasteiger partial charge in [-0.15, -0.1) is 0 Å². The fourth-order valence-corrected chi connectivity index (χ4v) is 3.74. The Morgan fingerprint density at radius 3 is 2.62 bits per heavy atom. The average molecular weight is 472 g/mol. The van der Waals surface area contributed by atoms with Gasteiger partial charge in [0.25, 0.3) is 11.5 Å². The summed E-state index contributed by atoms with van der Waals surface area (Å²) in [5.74, 6) is -2.97. The van der Waals surface area contributed by atoms with Gasteiger partial charge in [0, 0.05) is 30.6 Å². The van der Waals surface area contributed by atoms with Crippen molar-refractivity contribution in [2.24, 2.45) is 5.41 Å². The zero-order valence-electron chi connectivity index (χ0n) is 16.9. The number of aromatic nitrogens is 5. The zero-order chi connectivity index (χ0) is 23.5. The fraction of sp³-hybridized carbons (Fsp3) is 0.412. The lowest BCUT2D eigenvalue weighted by Crippen LogP contribution is -2.34. The van der Waals surface area contributed by atoms with Crippen molar-refractivity contribution in [2.45, 2.75) is 26.5 Å². The van der Waals surface area contributed by atoms with E-state index in [9.17, 15) is 22.9 Å². The quantitative estimate of drug-likeness (QED) is 0.457. The van der Waals surface area contributed by atoms with Gasteiger partial charge < -0.3 is 14.7 Å². The van der Waals surface area contributed by atoms with Crippen LogP contribution in [0.3, 0.4) is 0 Å². The molecule has 3 aromatic heterocycles. The number of aromatic amines is 1. The van der Waals surface area contributed by atoms with Gasteiger partial charge in [-0.1, -0.05) is 13.8 Å². The molecule has 0 saturated carbocycles. The monoisotopic (exact) mass is 472 g/mol. The molecule has 3 aromatic rings. The van der Waals surface area contributed by atoms with Crippen LogP contribution in [0.15, 0.2) is 34.2 Å². The van der Waals surface area contributed by atoms with Crippen LogP contribution in [0.2, 0.25) is 0 Å². The number of phosphoric ester groups is 1. The summed E-state index contributed by atoms with van der Waals surface area (Å²) in [5, 5.41) is 4.26. The molecule has 1 aliphatic rings. The maximum absolute atomic E-state index is 14.5. The molecular weight excluding hydrogens is 453 g/mol. The predicted molar refractivity (Wildman–Crippen MR) is 107 cm³/mol. The Balaban J connectivity index is 1.82.